The zero-order chi connectivity index (χ0) is 18.2. The first kappa shape index (κ1) is 21.9. The Bertz CT molecular complexity index is 724. The van der Waals surface area contributed by atoms with Crippen LogP contribution in [0.25, 0.3) is 10.9 Å². The van der Waals surface area contributed by atoms with Gasteiger partial charge < -0.3 is 15.0 Å². The smallest absolute Gasteiger partial charge is 0.193 e. The average Bonchev–Trinajstić information content (AvgIpc) is 2.68. The molecule has 5 nitrogen and oxygen atoms in total. The third kappa shape index (κ3) is 6.04. The van der Waals surface area contributed by atoms with Crippen LogP contribution in [0.15, 0.2) is 41.5 Å². The highest BCUT2D eigenvalue weighted by Crippen LogP contribution is 2.17. The van der Waals surface area contributed by atoms with Crippen LogP contribution in [0.4, 0.5) is 0 Å². The maximum absolute atomic E-state index is 5.76. The number of fused-ring (bicyclic) bond motifs is 1. The van der Waals surface area contributed by atoms with Crippen molar-refractivity contribution in [1.82, 2.24) is 15.2 Å². The maximum Gasteiger partial charge on any atom is 0.193 e. The summed E-state index contributed by atoms with van der Waals surface area (Å²) in [7, 11) is 0. The predicted octanol–water partition coefficient (Wildman–Crippen LogP) is 3.86. The standard InChI is InChI=1S/C21H30N4O.HI/c1-3-22-21(25-15-11-19(12-16-25)26-4-2)24-14-10-18-8-5-7-17-9-6-13-23-20(17)18;/h5-9,13,19H,3-4,10-12,14-16H2,1-2H3,(H,22,24);1H. The lowest BCUT2D eigenvalue weighted by Crippen LogP contribution is -2.47. The van der Waals surface area contributed by atoms with Crippen LogP contribution in [0.2, 0.25) is 0 Å². The molecule has 1 aliphatic heterocycles. The molecule has 27 heavy (non-hydrogen) atoms. The SMILES string of the molecule is CCNC(=NCCc1cccc2cccnc12)N1CCC(OCC)CC1.I. The number of hydrogen-bond donors (Lipinski definition) is 1. The molecule has 1 N–H and O–H groups in total. The van der Waals surface area contributed by atoms with Gasteiger partial charge in [-0.15, -0.1) is 24.0 Å². The van der Waals surface area contributed by atoms with Gasteiger partial charge in [-0.2, -0.15) is 0 Å². The zero-order valence-corrected chi connectivity index (χ0v) is 18.7. The van der Waals surface area contributed by atoms with Crippen LogP contribution in [-0.2, 0) is 11.2 Å². The van der Waals surface area contributed by atoms with Crippen molar-refractivity contribution in [2.75, 3.05) is 32.8 Å². The Morgan fingerprint density at radius 3 is 2.74 bits per heavy atom. The number of piperidine rings is 1. The fraction of sp³-hybridized carbons (Fsp3) is 0.524. The minimum absolute atomic E-state index is 0. The normalized spacial score (nSPS) is 15.6. The van der Waals surface area contributed by atoms with Crippen molar-refractivity contribution >= 4 is 40.8 Å². The van der Waals surface area contributed by atoms with Gasteiger partial charge in [-0.3, -0.25) is 9.98 Å². The minimum Gasteiger partial charge on any atom is -0.378 e. The second-order valence-corrected chi connectivity index (χ2v) is 6.62. The highest BCUT2D eigenvalue weighted by Gasteiger charge is 2.21. The molecule has 0 radical (unpaired) electrons. The van der Waals surface area contributed by atoms with Gasteiger partial charge in [0.15, 0.2) is 5.96 Å². The van der Waals surface area contributed by atoms with Gasteiger partial charge in [0, 0.05) is 44.4 Å². The van der Waals surface area contributed by atoms with E-state index in [1.54, 1.807) is 0 Å². The van der Waals surface area contributed by atoms with Gasteiger partial charge in [0.05, 0.1) is 11.6 Å². The van der Waals surface area contributed by atoms with E-state index in [1.807, 2.05) is 12.3 Å². The Kier molecular flexibility index (Phi) is 9.27. The van der Waals surface area contributed by atoms with Crippen LogP contribution in [0.3, 0.4) is 0 Å². The Morgan fingerprint density at radius 1 is 1.22 bits per heavy atom. The van der Waals surface area contributed by atoms with Crippen LogP contribution in [0.5, 0.6) is 0 Å². The Morgan fingerprint density at radius 2 is 2.00 bits per heavy atom. The van der Waals surface area contributed by atoms with Crippen molar-refractivity contribution in [3.8, 4) is 0 Å². The molecule has 0 aliphatic carbocycles. The van der Waals surface area contributed by atoms with Gasteiger partial charge in [0.1, 0.15) is 0 Å². The molecule has 2 heterocycles. The van der Waals surface area contributed by atoms with E-state index in [-0.39, 0.29) is 24.0 Å². The lowest BCUT2D eigenvalue weighted by atomic mass is 10.1. The number of ether oxygens (including phenoxy) is 1. The second-order valence-electron chi connectivity index (χ2n) is 6.62. The van der Waals surface area contributed by atoms with Crippen molar-refractivity contribution in [3.05, 3.63) is 42.1 Å². The molecule has 0 saturated carbocycles. The van der Waals surface area contributed by atoms with Gasteiger partial charge >= 0.3 is 0 Å². The molecule has 1 fully saturated rings. The molecule has 2 aromatic rings. The number of benzene rings is 1. The fourth-order valence-electron chi connectivity index (χ4n) is 3.55. The zero-order valence-electron chi connectivity index (χ0n) is 16.4. The topological polar surface area (TPSA) is 49.8 Å². The van der Waals surface area contributed by atoms with Crippen LogP contribution >= 0.6 is 24.0 Å². The molecule has 3 rings (SSSR count). The van der Waals surface area contributed by atoms with Crippen LogP contribution in [0, 0.1) is 0 Å². The summed E-state index contributed by atoms with van der Waals surface area (Å²) in [5.41, 5.74) is 2.35. The van der Waals surface area contributed by atoms with Gasteiger partial charge in [0.2, 0.25) is 0 Å². The predicted molar refractivity (Wildman–Crippen MR) is 123 cm³/mol. The number of nitrogens with zero attached hydrogens (tertiary/aromatic N) is 3. The number of rotatable bonds is 6. The molecular formula is C21H31IN4O. The molecule has 148 valence electrons. The molecule has 0 bridgehead atoms. The highest BCUT2D eigenvalue weighted by molar-refractivity contribution is 14.0. The third-order valence-electron chi connectivity index (χ3n) is 4.84. The largest absolute Gasteiger partial charge is 0.378 e. The summed E-state index contributed by atoms with van der Waals surface area (Å²) in [5, 5.41) is 4.64. The monoisotopic (exact) mass is 482 g/mol. The number of hydrogen-bond acceptors (Lipinski definition) is 3. The first-order valence-corrected chi connectivity index (χ1v) is 9.79. The van der Waals surface area contributed by atoms with Gasteiger partial charge in [-0.05, 0) is 44.7 Å². The Balaban J connectivity index is 0.00000261. The van der Waals surface area contributed by atoms with Gasteiger partial charge in [0.25, 0.3) is 0 Å². The number of para-hydroxylation sites is 1. The first-order chi connectivity index (χ1) is 12.8. The van der Waals surface area contributed by atoms with E-state index in [9.17, 15) is 0 Å². The van der Waals surface area contributed by atoms with Crippen molar-refractivity contribution in [2.45, 2.75) is 39.2 Å². The molecule has 1 aromatic carbocycles. The van der Waals surface area contributed by atoms with E-state index in [2.05, 4.69) is 53.3 Å². The number of halogens is 1. The quantitative estimate of drug-likeness (QED) is 0.386. The average molecular weight is 482 g/mol. The first-order valence-electron chi connectivity index (χ1n) is 9.79. The Labute approximate surface area is 179 Å². The summed E-state index contributed by atoms with van der Waals surface area (Å²) >= 11 is 0. The van der Waals surface area contributed by atoms with Crippen molar-refractivity contribution in [2.24, 2.45) is 4.99 Å². The summed E-state index contributed by atoms with van der Waals surface area (Å²) in [5.74, 6) is 1.02. The van der Waals surface area contributed by atoms with Gasteiger partial charge in [-0.25, -0.2) is 0 Å². The molecule has 0 spiro atoms. The summed E-state index contributed by atoms with van der Waals surface area (Å²) in [6, 6.07) is 10.5. The number of pyridine rings is 1. The lowest BCUT2D eigenvalue weighted by Gasteiger charge is -2.34. The molecular weight excluding hydrogens is 451 g/mol. The van der Waals surface area contributed by atoms with E-state index < -0.39 is 0 Å². The lowest BCUT2D eigenvalue weighted by molar-refractivity contribution is 0.0264. The summed E-state index contributed by atoms with van der Waals surface area (Å²) in [4.78, 5) is 11.8. The van der Waals surface area contributed by atoms with Crippen molar-refractivity contribution in [1.29, 1.82) is 0 Å². The molecule has 0 unspecified atom stereocenters. The molecule has 1 aromatic heterocycles. The van der Waals surface area contributed by atoms with Crippen LogP contribution < -0.4 is 5.32 Å². The van der Waals surface area contributed by atoms with E-state index in [4.69, 9.17) is 9.73 Å². The summed E-state index contributed by atoms with van der Waals surface area (Å²) in [6.45, 7) is 8.66. The highest BCUT2D eigenvalue weighted by atomic mass is 127. The van der Waals surface area contributed by atoms with E-state index in [0.29, 0.717) is 6.10 Å². The third-order valence-corrected chi connectivity index (χ3v) is 4.84. The van der Waals surface area contributed by atoms with Gasteiger partial charge in [-0.1, -0.05) is 24.3 Å². The summed E-state index contributed by atoms with van der Waals surface area (Å²) in [6.07, 6.45) is 5.32. The van der Waals surface area contributed by atoms with E-state index in [0.717, 1.165) is 63.5 Å². The number of likely N-dealkylation sites (tertiary alicyclic amines) is 1. The molecule has 6 heteroatoms. The Hall–Kier alpha value is -1.41. The number of nitrogens with one attached hydrogen (secondary N) is 1. The fourth-order valence-corrected chi connectivity index (χ4v) is 3.55. The van der Waals surface area contributed by atoms with Crippen LogP contribution in [0.1, 0.15) is 32.3 Å². The molecule has 1 aliphatic rings. The molecule has 0 amide bonds. The number of aromatic nitrogens is 1. The summed E-state index contributed by atoms with van der Waals surface area (Å²) < 4.78 is 5.76. The van der Waals surface area contributed by atoms with E-state index in [1.165, 1.54) is 10.9 Å². The van der Waals surface area contributed by atoms with Crippen molar-refractivity contribution < 1.29 is 4.74 Å². The maximum atomic E-state index is 5.76. The second kappa shape index (κ2) is 11.4. The molecule has 0 atom stereocenters. The molecule has 1 saturated heterocycles. The minimum atomic E-state index is 0. The van der Waals surface area contributed by atoms with Crippen molar-refractivity contribution in [3.63, 3.8) is 0 Å². The van der Waals surface area contributed by atoms with E-state index >= 15 is 0 Å². The van der Waals surface area contributed by atoms with Crippen LogP contribution in [-0.4, -0.2) is 54.7 Å². The number of guanidine groups is 1. The number of aliphatic imine (C=N–C) groups is 1.